The maximum absolute atomic E-state index is 10.6. The molecule has 0 atom stereocenters. The van der Waals surface area contributed by atoms with Gasteiger partial charge in [-0.3, -0.25) is 10.1 Å². The fraction of sp³-hybridized carbons (Fsp3) is 0.250. The first-order valence-corrected chi connectivity index (χ1v) is 4.75. The van der Waals surface area contributed by atoms with Crippen molar-refractivity contribution in [1.29, 1.82) is 5.26 Å². The van der Waals surface area contributed by atoms with Gasteiger partial charge in [0.05, 0.1) is 4.92 Å². The summed E-state index contributed by atoms with van der Waals surface area (Å²) in [6.07, 6.45) is 5.25. The molecule has 1 aromatic carbocycles. The largest absolute Gasteiger partial charge is 0.475 e. The van der Waals surface area contributed by atoms with Crippen LogP contribution in [0.3, 0.4) is 0 Å². The van der Waals surface area contributed by atoms with Gasteiger partial charge in [-0.15, -0.1) is 6.42 Å². The molecule has 0 aliphatic heterocycles. The number of nitro groups is 1. The van der Waals surface area contributed by atoms with Crippen LogP contribution in [0.5, 0.6) is 5.75 Å². The molecule has 1 rings (SSSR count). The monoisotopic (exact) mass is 230 g/mol. The van der Waals surface area contributed by atoms with Crippen LogP contribution in [0.4, 0.5) is 5.69 Å². The summed E-state index contributed by atoms with van der Waals surface area (Å²) in [7, 11) is 0. The summed E-state index contributed by atoms with van der Waals surface area (Å²) in [5, 5.41) is 19.4. The van der Waals surface area contributed by atoms with Crippen molar-refractivity contribution in [2.75, 3.05) is 0 Å². The lowest BCUT2D eigenvalue weighted by Crippen LogP contribution is -2.25. The first kappa shape index (κ1) is 12.5. The molecule has 1 aromatic rings. The standard InChI is InChI=1S/C12H10N2O3/c1-4-12(2,3)17-10-5-6-11(14(15)16)9(7-10)8-13/h1,5-7H,2-3H3. The number of ether oxygens (including phenoxy) is 1. The highest BCUT2D eigenvalue weighted by molar-refractivity contribution is 5.52. The predicted molar refractivity (Wildman–Crippen MR) is 61.4 cm³/mol. The molecular weight excluding hydrogens is 220 g/mol. The zero-order valence-corrected chi connectivity index (χ0v) is 9.43. The van der Waals surface area contributed by atoms with Crippen LogP contribution >= 0.6 is 0 Å². The van der Waals surface area contributed by atoms with Gasteiger partial charge in [0.1, 0.15) is 17.4 Å². The Labute approximate surface area is 98.8 Å². The van der Waals surface area contributed by atoms with Crippen molar-refractivity contribution in [2.45, 2.75) is 19.4 Å². The van der Waals surface area contributed by atoms with Gasteiger partial charge < -0.3 is 4.74 Å². The van der Waals surface area contributed by atoms with Gasteiger partial charge in [0.15, 0.2) is 5.60 Å². The molecule has 0 N–H and O–H groups in total. The van der Waals surface area contributed by atoms with E-state index in [9.17, 15) is 10.1 Å². The molecule has 17 heavy (non-hydrogen) atoms. The Bertz CT molecular complexity index is 536. The maximum Gasteiger partial charge on any atom is 0.287 e. The van der Waals surface area contributed by atoms with Crippen molar-refractivity contribution in [3.8, 4) is 24.2 Å². The lowest BCUT2D eigenvalue weighted by Gasteiger charge is -2.20. The van der Waals surface area contributed by atoms with Gasteiger partial charge in [0.25, 0.3) is 5.69 Å². The Kier molecular flexibility index (Phi) is 3.35. The number of terminal acetylenes is 1. The van der Waals surface area contributed by atoms with Gasteiger partial charge in [-0.2, -0.15) is 5.26 Å². The molecule has 0 bridgehead atoms. The molecule has 0 spiro atoms. The van der Waals surface area contributed by atoms with E-state index in [4.69, 9.17) is 16.4 Å². The second-order valence-corrected chi connectivity index (χ2v) is 3.80. The van der Waals surface area contributed by atoms with Crippen LogP contribution in [0, 0.1) is 33.8 Å². The number of hydrogen-bond acceptors (Lipinski definition) is 4. The molecule has 0 heterocycles. The van der Waals surface area contributed by atoms with E-state index in [2.05, 4.69) is 5.92 Å². The van der Waals surface area contributed by atoms with Gasteiger partial charge in [-0.25, -0.2) is 0 Å². The highest BCUT2D eigenvalue weighted by Gasteiger charge is 2.19. The third-order valence-corrected chi connectivity index (χ3v) is 2.01. The van der Waals surface area contributed by atoms with E-state index in [1.165, 1.54) is 18.2 Å². The van der Waals surface area contributed by atoms with Crippen molar-refractivity contribution in [2.24, 2.45) is 0 Å². The summed E-state index contributed by atoms with van der Waals surface area (Å²) in [5.74, 6) is 2.75. The third kappa shape index (κ3) is 2.96. The quantitative estimate of drug-likeness (QED) is 0.453. The summed E-state index contributed by atoms with van der Waals surface area (Å²) in [6, 6.07) is 5.69. The number of nitriles is 1. The first-order chi connectivity index (χ1) is 7.89. The van der Waals surface area contributed by atoms with Crippen LogP contribution in [0.25, 0.3) is 0 Å². The van der Waals surface area contributed by atoms with Crippen molar-refractivity contribution in [1.82, 2.24) is 0 Å². The topological polar surface area (TPSA) is 76.2 Å². The molecule has 5 heteroatoms. The zero-order chi connectivity index (χ0) is 13.1. The molecule has 0 aliphatic rings. The molecule has 0 saturated carbocycles. The van der Waals surface area contributed by atoms with E-state index in [1.54, 1.807) is 19.9 Å². The second kappa shape index (κ2) is 4.54. The van der Waals surface area contributed by atoms with Crippen molar-refractivity contribution >= 4 is 5.69 Å². The fourth-order valence-electron chi connectivity index (χ4n) is 1.15. The lowest BCUT2D eigenvalue weighted by atomic mass is 10.1. The molecule has 0 unspecified atom stereocenters. The smallest absolute Gasteiger partial charge is 0.287 e. The van der Waals surface area contributed by atoms with E-state index < -0.39 is 10.5 Å². The Morgan fingerprint density at radius 1 is 1.53 bits per heavy atom. The Morgan fingerprint density at radius 2 is 2.18 bits per heavy atom. The number of nitrogens with zero attached hydrogens (tertiary/aromatic N) is 2. The van der Waals surface area contributed by atoms with Crippen molar-refractivity contribution < 1.29 is 9.66 Å². The zero-order valence-electron chi connectivity index (χ0n) is 9.43. The van der Waals surface area contributed by atoms with Crippen LogP contribution in [0.2, 0.25) is 0 Å². The normalized spacial score (nSPS) is 10.1. The van der Waals surface area contributed by atoms with Gasteiger partial charge in [0, 0.05) is 12.1 Å². The van der Waals surface area contributed by atoms with Crippen LogP contribution in [0.1, 0.15) is 19.4 Å². The van der Waals surface area contributed by atoms with E-state index in [0.29, 0.717) is 5.75 Å². The third-order valence-electron chi connectivity index (χ3n) is 2.01. The molecule has 0 aromatic heterocycles. The Hall–Kier alpha value is -2.53. The summed E-state index contributed by atoms with van der Waals surface area (Å²) in [5.41, 5.74) is -1.14. The minimum atomic E-state index is -0.830. The number of hydrogen-bond donors (Lipinski definition) is 0. The molecule has 0 saturated heterocycles. The summed E-state index contributed by atoms with van der Waals surface area (Å²) < 4.78 is 5.42. The minimum Gasteiger partial charge on any atom is -0.475 e. The minimum absolute atomic E-state index is 0.0553. The predicted octanol–water partition coefficient (Wildman–Crippen LogP) is 2.26. The van der Waals surface area contributed by atoms with Crippen molar-refractivity contribution in [3.63, 3.8) is 0 Å². The highest BCUT2D eigenvalue weighted by Crippen LogP contribution is 2.25. The average Bonchev–Trinajstić information content (AvgIpc) is 2.28. The Morgan fingerprint density at radius 3 is 2.65 bits per heavy atom. The van der Waals surface area contributed by atoms with Crippen LogP contribution in [0.15, 0.2) is 18.2 Å². The molecular formula is C12H10N2O3. The van der Waals surface area contributed by atoms with Gasteiger partial charge in [-0.05, 0) is 19.9 Å². The molecule has 0 amide bonds. The van der Waals surface area contributed by atoms with E-state index in [1.807, 2.05) is 0 Å². The summed E-state index contributed by atoms with van der Waals surface area (Å²) in [4.78, 5) is 10.00. The van der Waals surface area contributed by atoms with E-state index in [0.717, 1.165) is 0 Å². The first-order valence-electron chi connectivity index (χ1n) is 4.75. The van der Waals surface area contributed by atoms with Gasteiger partial charge in [0.2, 0.25) is 0 Å². The fourth-order valence-corrected chi connectivity index (χ4v) is 1.15. The van der Waals surface area contributed by atoms with E-state index >= 15 is 0 Å². The van der Waals surface area contributed by atoms with Crippen molar-refractivity contribution in [3.05, 3.63) is 33.9 Å². The van der Waals surface area contributed by atoms with E-state index in [-0.39, 0.29) is 11.3 Å². The Balaban J connectivity index is 3.13. The number of benzene rings is 1. The number of nitro benzene ring substituents is 1. The molecule has 0 fully saturated rings. The van der Waals surface area contributed by atoms with Crippen LogP contribution in [-0.4, -0.2) is 10.5 Å². The van der Waals surface area contributed by atoms with Gasteiger partial charge >= 0.3 is 0 Å². The average molecular weight is 230 g/mol. The number of rotatable bonds is 3. The summed E-state index contributed by atoms with van der Waals surface area (Å²) >= 11 is 0. The molecule has 86 valence electrons. The van der Waals surface area contributed by atoms with Crippen LogP contribution < -0.4 is 4.74 Å². The second-order valence-electron chi connectivity index (χ2n) is 3.80. The summed E-state index contributed by atoms with van der Waals surface area (Å²) in [6.45, 7) is 3.36. The lowest BCUT2D eigenvalue weighted by molar-refractivity contribution is -0.385. The van der Waals surface area contributed by atoms with Crippen LogP contribution in [-0.2, 0) is 0 Å². The molecule has 0 radical (unpaired) electrons. The van der Waals surface area contributed by atoms with Gasteiger partial charge in [-0.1, -0.05) is 5.92 Å². The molecule has 0 aliphatic carbocycles. The highest BCUT2D eigenvalue weighted by atomic mass is 16.6. The SMILES string of the molecule is C#CC(C)(C)Oc1ccc([N+](=O)[O-])c(C#N)c1. The molecule has 5 nitrogen and oxygen atoms in total. The maximum atomic E-state index is 10.6.